The molecule has 0 amide bonds. The van der Waals surface area contributed by atoms with E-state index in [0.717, 1.165) is 0 Å². The van der Waals surface area contributed by atoms with Gasteiger partial charge in [0.15, 0.2) is 0 Å². The summed E-state index contributed by atoms with van der Waals surface area (Å²) in [6.45, 7) is 1.37. The van der Waals surface area contributed by atoms with E-state index in [4.69, 9.17) is 5.11 Å². The Balaban J connectivity index is 3.09. The van der Waals surface area contributed by atoms with Gasteiger partial charge in [-0.05, 0) is 24.6 Å². The number of aliphatic carboxylic acids is 1. The standard InChI is InChI=1S/C10H10BrFO3/c1-10(15,5-9(13)14)7-3-2-6(12)4-8(7)11/h2-4,15H,5H2,1H3,(H,13,14). The average molecular weight is 277 g/mol. The van der Waals surface area contributed by atoms with Crippen LogP contribution in [0, 0.1) is 5.82 Å². The molecule has 0 spiro atoms. The zero-order valence-corrected chi connectivity index (χ0v) is 9.58. The van der Waals surface area contributed by atoms with Crippen molar-refractivity contribution in [1.29, 1.82) is 0 Å². The monoisotopic (exact) mass is 276 g/mol. The van der Waals surface area contributed by atoms with Gasteiger partial charge >= 0.3 is 5.97 Å². The molecule has 0 aromatic heterocycles. The zero-order valence-electron chi connectivity index (χ0n) is 8.00. The molecule has 1 rings (SSSR count). The summed E-state index contributed by atoms with van der Waals surface area (Å²) in [5, 5.41) is 18.5. The smallest absolute Gasteiger partial charge is 0.306 e. The Hall–Kier alpha value is -0.940. The zero-order chi connectivity index (χ0) is 11.6. The maximum atomic E-state index is 12.8. The first kappa shape index (κ1) is 12.1. The number of hydrogen-bond donors (Lipinski definition) is 2. The van der Waals surface area contributed by atoms with Crippen molar-refractivity contribution in [3.63, 3.8) is 0 Å². The number of hydrogen-bond acceptors (Lipinski definition) is 2. The van der Waals surface area contributed by atoms with Gasteiger partial charge in [-0.1, -0.05) is 22.0 Å². The van der Waals surface area contributed by atoms with Crippen LogP contribution in [0.5, 0.6) is 0 Å². The summed E-state index contributed by atoms with van der Waals surface area (Å²) in [4.78, 5) is 10.5. The minimum Gasteiger partial charge on any atom is -0.481 e. The summed E-state index contributed by atoms with van der Waals surface area (Å²) >= 11 is 3.08. The van der Waals surface area contributed by atoms with Crippen molar-refractivity contribution in [2.75, 3.05) is 0 Å². The number of carboxylic acid groups (broad SMARTS) is 1. The quantitative estimate of drug-likeness (QED) is 0.891. The Labute approximate surface area is 94.7 Å². The minimum absolute atomic E-state index is 0.353. The van der Waals surface area contributed by atoms with Gasteiger partial charge in [-0.15, -0.1) is 0 Å². The normalized spacial score (nSPS) is 14.7. The Morgan fingerprint density at radius 1 is 1.60 bits per heavy atom. The molecule has 0 aliphatic rings. The van der Waals surface area contributed by atoms with E-state index in [9.17, 15) is 14.3 Å². The lowest BCUT2D eigenvalue weighted by Crippen LogP contribution is -2.25. The minimum atomic E-state index is -1.52. The van der Waals surface area contributed by atoms with Gasteiger partial charge in [0.05, 0.1) is 12.0 Å². The molecule has 3 nitrogen and oxygen atoms in total. The molecular formula is C10H10BrFO3. The fourth-order valence-electron chi connectivity index (χ4n) is 1.32. The molecule has 0 radical (unpaired) electrons. The van der Waals surface area contributed by atoms with Crippen LogP contribution in [0.3, 0.4) is 0 Å². The van der Waals surface area contributed by atoms with Gasteiger partial charge in [-0.2, -0.15) is 0 Å². The molecule has 0 heterocycles. The van der Waals surface area contributed by atoms with Crippen molar-refractivity contribution in [3.8, 4) is 0 Å². The van der Waals surface area contributed by atoms with E-state index in [0.29, 0.717) is 10.0 Å². The molecule has 15 heavy (non-hydrogen) atoms. The molecule has 1 aromatic carbocycles. The predicted octanol–water partition coefficient (Wildman–Crippen LogP) is 2.27. The number of rotatable bonds is 3. The number of carboxylic acids is 1. The van der Waals surface area contributed by atoms with Gasteiger partial charge in [0.1, 0.15) is 5.82 Å². The van der Waals surface area contributed by atoms with E-state index in [1.54, 1.807) is 0 Å². The Morgan fingerprint density at radius 2 is 2.20 bits per heavy atom. The van der Waals surface area contributed by atoms with Crippen molar-refractivity contribution in [1.82, 2.24) is 0 Å². The fraction of sp³-hybridized carbons (Fsp3) is 0.300. The van der Waals surface area contributed by atoms with E-state index < -0.39 is 23.8 Å². The van der Waals surface area contributed by atoms with Crippen LogP contribution in [-0.2, 0) is 10.4 Å². The maximum absolute atomic E-state index is 12.8. The second-order valence-electron chi connectivity index (χ2n) is 3.47. The number of aliphatic hydroxyl groups is 1. The third-order valence-corrected chi connectivity index (χ3v) is 2.66. The number of benzene rings is 1. The van der Waals surface area contributed by atoms with Crippen molar-refractivity contribution in [2.24, 2.45) is 0 Å². The van der Waals surface area contributed by atoms with Gasteiger partial charge in [-0.3, -0.25) is 4.79 Å². The maximum Gasteiger partial charge on any atom is 0.306 e. The number of halogens is 2. The Kier molecular flexibility index (Phi) is 3.46. The van der Waals surface area contributed by atoms with E-state index in [1.165, 1.54) is 25.1 Å². The second kappa shape index (κ2) is 4.28. The van der Waals surface area contributed by atoms with Crippen LogP contribution in [0.4, 0.5) is 4.39 Å². The van der Waals surface area contributed by atoms with E-state index in [1.807, 2.05) is 0 Å². The van der Waals surface area contributed by atoms with Crippen LogP contribution >= 0.6 is 15.9 Å². The van der Waals surface area contributed by atoms with E-state index >= 15 is 0 Å². The molecular weight excluding hydrogens is 267 g/mol. The Morgan fingerprint density at radius 3 is 2.67 bits per heavy atom. The SMILES string of the molecule is CC(O)(CC(=O)O)c1ccc(F)cc1Br. The lowest BCUT2D eigenvalue weighted by molar-refractivity contribution is -0.142. The van der Waals surface area contributed by atoms with Gasteiger partial charge in [0.2, 0.25) is 0 Å². The molecule has 0 aliphatic carbocycles. The van der Waals surface area contributed by atoms with Gasteiger partial charge < -0.3 is 10.2 Å². The first-order chi connectivity index (χ1) is 6.83. The van der Waals surface area contributed by atoms with Crippen molar-refractivity contribution in [2.45, 2.75) is 18.9 Å². The molecule has 2 N–H and O–H groups in total. The fourth-order valence-corrected chi connectivity index (χ4v) is 2.09. The Bertz CT molecular complexity index is 390. The average Bonchev–Trinajstić information content (AvgIpc) is 1.99. The van der Waals surface area contributed by atoms with Crippen LogP contribution in [0.15, 0.2) is 22.7 Å². The summed E-state index contributed by atoms with van der Waals surface area (Å²) < 4.78 is 13.1. The van der Waals surface area contributed by atoms with Gasteiger partial charge in [0, 0.05) is 4.47 Å². The summed E-state index contributed by atoms with van der Waals surface area (Å²) in [5.74, 6) is -1.56. The number of carbonyl (C=O) groups is 1. The summed E-state index contributed by atoms with van der Waals surface area (Å²) in [6, 6.07) is 3.73. The van der Waals surface area contributed by atoms with Crippen molar-refractivity contribution >= 4 is 21.9 Å². The third-order valence-electron chi connectivity index (χ3n) is 2.01. The first-order valence-corrected chi connectivity index (χ1v) is 5.02. The van der Waals surface area contributed by atoms with E-state index in [2.05, 4.69) is 15.9 Å². The molecule has 1 unspecified atom stereocenters. The molecule has 0 fully saturated rings. The molecule has 0 saturated carbocycles. The highest BCUT2D eigenvalue weighted by Gasteiger charge is 2.28. The molecule has 5 heteroatoms. The molecule has 0 bridgehead atoms. The van der Waals surface area contributed by atoms with Crippen LogP contribution in [-0.4, -0.2) is 16.2 Å². The molecule has 0 aliphatic heterocycles. The summed E-state index contributed by atoms with van der Waals surface area (Å²) in [7, 11) is 0. The lowest BCUT2D eigenvalue weighted by atomic mass is 9.93. The summed E-state index contributed by atoms with van der Waals surface area (Å²) in [5.41, 5.74) is -1.16. The largest absolute Gasteiger partial charge is 0.481 e. The van der Waals surface area contributed by atoms with Crippen molar-refractivity contribution < 1.29 is 19.4 Å². The molecule has 1 atom stereocenters. The molecule has 0 saturated heterocycles. The lowest BCUT2D eigenvalue weighted by Gasteiger charge is -2.22. The topological polar surface area (TPSA) is 57.5 Å². The third kappa shape index (κ3) is 3.00. The molecule has 1 aromatic rings. The predicted molar refractivity (Wildman–Crippen MR) is 55.9 cm³/mol. The molecule has 82 valence electrons. The second-order valence-corrected chi connectivity index (χ2v) is 4.32. The van der Waals surface area contributed by atoms with Gasteiger partial charge in [0.25, 0.3) is 0 Å². The van der Waals surface area contributed by atoms with Gasteiger partial charge in [-0.25, -0.2) is 4.39 Å². The highest BCUT2D eigenvalue weighted by atomic mass is 79.9. The summed E-state index contributed by atoms with van der Waals surface area (Å²) in [6.07, 6.45) is -0.433. The van der Waals surface area contributed by atoms with Crippen LogP contribution in [0.25, 0.3) is 0 Å². The first-order valence-electron chi connectivity index (χ1n) is 4.22. The van der Waals surface area contributed by atoms with Crippen LogP contribution in [0.2, 0.25) is 0 Å². The highest BCUT2D eigenvalue weighted by Crippen LogP contribution is 2.31. The van der Waals surface area contributed by atoms with E-state index in [-0.39, 0.29) is 0 Å². The van der Waals surface area contributed by atoms with Crippen LogP contribution in [0.1, 0.15) is 18.9 Å². The highest BCUT2D eigenvalue weighted by molar-refractivity contribution is 9.10. The van der Waals surface area contributed by atoms with Crippen molar-refractivity contribution in [3.05, 3.63) is 34.1 Å². The van der Waals surface area contributed by atoms with Crippen LogP contribution < -0.4 is 0 Å².